The van der Waals surface area contributed by atoms with Gasteiger partial charge in [0, 0.05) is 11.5 Å². The van der Waals surface area contributed by atoms with Gasteiger partial charge in [-0.15, -0.1) is 0 Å². The van der Waals surface area contributed by atoms with Crippen molar-refractivity contribution in [2.24, 2.45) is 0 Å². The minimum atomic E-state index is -4.10. The van der Waals surface area contributed by atoms with Gasteiger partial charge < -0.3 is 9.90 Å². The number of carbonyl (C=O) groups excluding carboxylic acids is 1. The molecular weight excluding hydrogens is 360 g/mol. The second kappa shape index (κ2) is 6.45. The van der Waals surface area contributed by atoms with Crippen LogP contribution in [0.25, 0.3) is 10.8 Å². The lowest BCUT2D eigenvalue weighted by molar-refractivity contribution is -0.383. The van der Waals surface area contributed by atoms with Gasteiger partial charge in [-0.05, 0) is 29.8 Å². The van der Waals surface area contributed by atoms with Crippen LogP contribution in [0, 0.1) is 10.1 Å². The number of carboxylic acids is 1. The molecule has 0 atom stereocenters. The first kappa shape index (κ1) is 17.4. The molecule has 0 aliphatic rings. The summed E-state index contributed by atoms with van der Waals surface area (Å²) in [5, 5.41) is 22.7. The van der Waals surface area contributed by atoms with Crippen LogP contribution in [0.3, 0.4) is 0 Å². The smallest absolute Gasteiger partial charge is 0.277 e. The minimum absolute atomic E-state index is 0.144. The third kappa shape index (κ3) is 3.20. The van der Waals surface area contributed by atoms with E-state index in [1.54, 1.807) is 6.07 Å². The van der Waals surface area contributed by atoms with Crippen LogP contribution in [0.5, 0.6) is 0 Å². The van der Waals surface area contributed by atoms with E-state index in [-0.39, 0.29) is 27.2 Å². The van der Waals surface area contributed by atoms with E-state index in [4.69, 9.17) is 0 Å². The second-order valence-corrected chi connectivity index (χ2v) is 7.04. The van der Waals surface area contributed by atoms with Crippen molar-refractivity contribution in [2.75, 3.05) is 4.72 Å². The molecule has 0 heterocycles. The van der Waals surface area contributed by atoms with E-state index in [2.05, 4.69) is 4.72 Å². The monoisotopic (exact) mass is 371 g/mol. The Hall–Kier alpha value is -3.46. The highest BCUT2D eigenvalue weighted by Gasteiger charge is 2.18. The summed E-state index contributed by atoms with van der Waals surface area (Å²) in [6, 6.07) is 13.5. The molecule has 26 heavy (non-hydrogen) atoms. The molecule has 132 valence electrons. The molecular formula is C17H11N2O6S-. The maximum atomic E-state index is 12.6. The molecule has 0 fully saturated rings. The Morgan fingerprint density at radius 3 is 2.31 bits per heavy atom. The van der Waals surface area contributed by atoms with Crippen LogP contribution in [-0.4, -0.2) is 19.3 Å². The van der Waals surface area contributed by atoms with Gasteiger partial charge in [0.15, 0.2) is 0 Å². The summed E-state index contributed by atoms with van der Waals surface area (Å²) in [5.74, 6) is -1.50. The Labute approximate surface area is 147 Å². The van der Waals surface area contributed by atoms with Crippen molar-refractivity contribution in [3.8, 4) is 0 Å². The summed E-state index contributed by atoms with van der Waals surface area (Å²) in [5.41, 5.74) is -0.283. The Morgan fingerprint density at radius 2 is 1.62 bits per heavy atom. The number of nitrogens with zero attached hydrogens (tertiary/aromatic N) is 1. The number of carbonyl (C=O) groups is 1. The summed E-state index contributed by atoms with van der Waals surface area (Å²) < 4.78 is 27.5. The lowest BCUT2D eigenvalue weighted by atomic mass is 10.1. The number of non-ortho nitro benzene ring substituents is 1. The normalized spacial score (nSPS) is 11.2. The molecule has 9 heteroatoms. The lowest BCUT2D eigenvalue weighted by Crippen LogP contribution is -2.23. The number of rotatable bonds is 5. The standard InChI is InChI=1S/C17H12N2O6S/c20-17(21)11-4-1-5-12(10-11)26(24,25)18-15-8-2-7-14-13(15)6-3-9-16(14)19(22)23/h1-10,18H,(H,20,21)/p-1. The van der Waals surface area contributed by atoms with Gasteiger partial charge in [0.2, 0.25) is 0 Å². The lowest BCUT2D eigenvalue weighted by Gasteiger charge is -2.12. The number of benzene rings is 3. The fourth-order valence-electron chi connectivity index (χ4n) is 2.54. The number of nitrogens with one attached hydrogen (secondary N) is 1. The number of nitro groups is 1. The van der Waals surface area contributed by atoms with Crippen molar-refractivity contribution in [3.05, 3.63) is 76.3 Å². The second-order valence-electron chi connectivity index (χ2n) is 5.36. The first-order valence-corrected chi connectivity index (χ1v) is 8.78. The van der Waals surface area contributed by atoms with E-state index >= 15 is 0 Å². The van der Waals surface area contributed by atoms with Crippen LogP contribution in [-0.2, 0) is 10.0 Å². The Bertz CT molecular complexity index is 1140. The van der Waals surface area contributed by atoms with Gasteiger partial charge in [0.25, 0.3) is 15.7 Å². The van der Waals surface area contributed by atoms with Crippen LogP contribution >= 0.6 is 0 Å². The van der Waals surface area contributed by atoms with E-state index in [0.29, 0.717) is 5.39 Å². The van der Waals surface area contributed by atoms with Crippen molar-refractivity contribution in [1.82, 2.24) is 0 Å². The Kier molecular flexibility index (Phi) is 4.31. The van der Waals surface area contributed by atoms with Crippen LogP contribution in [0.4, 0.5) is 11.4 Å². The third-order valence-electron chi connectivity index (χ3n) is 3.72. The summed E-state index contributed by atoms with van der Waals surface area (Å²) in [4.78, 5) is 21.2. The van der Waals surface area contributed by atoms with Crippen molar-refractivity contribution >= 4 is 38.1 Å². The van der Waals surface area contributed by atoms with Crippen molar-refractivity contribution in [2.45, 2.75) is 4.90 Å². The van der Waals surface area contributed by atoms with E-state index in [0.717, 1.165) is 6.07 Å². The molecule has 0 radical (unpaired) electrons. The van der Waals surface area contributed by atoms with Crippen molar-refractivity contribution in [1.29, 1.82) is 0 Å². The number of hydrogen-bond donors (Lipinski definition) is 1. The van der Waals surface area contributed by atoms with Gasteiger partial charge in [0.1, 0.15) is 0 Å². The van der Waals surface area contributed by atoms with Gasteiger partial charge in [-0.3, -0.25) is 14.8 Å². The Balaban J connectivity index is 2.09. The number of aromatic carboxylic acids is 1. The van der Waals surface area contributed by atoms with Gasteiger partial charge >= 0.3 is 0 Å². The highest BCUT2D eigenvalue weighted by atomic mass is 32.2. The number of carboxylic acid groups (broad SMARTS) is 1. The van der Waals surface area contributed by atoms with Crippen molar-refractivity contribution in [3.63, 3.8) is 0 Å². The van der Waals surface area contributed by atoms with E-state index in [1.807, 2.05) is 0 Å². The molecule has 8 nitrogen and oxygen atoms in total. The van der Waals surface area contributed by atoms with Crippen molar-refractivity contribution < 1.29 is 23.2 Å². The highest BCUT2D eigenvalue weighted by molar-refractivity contribution is 7.92. The molecule has 3 aromatic carbocycles. The highest BCUT2D eigenvalue weighted by Crippen LogP contribution is 2.31. The molecule has 0 unspecified atom stereocenters. The van der Waals surface area contributed by atoms with Gasteiger partial charge in [-0.2, -0.15) is 0 Å². The van der Waals surface area contributed by atoms with Gasteiger partial charge in [-0.25, -0.2) is 8.42 Å². The molecule has 0 bridgehead atoms. The largest absolute Gasteiger partial charge is 0.545 e. The quantitative estimate of drug-likeness (QED) is 0.539. The van der Waals surface area contributed by atoms with E-state index < -0.39 is 20.9 Å². The molecule has 1 N–H and O–H groups in total. The van der Waals surface area contributed by atoms with Crippen LogP contribution < -0.4 is 9.83 Å². The van der Waals surface area contributed by atoms with Gasteiger partial charge in [-0.1, -0.05) is 30.3 Å². The first-order valence-electron chi connectivity index (χ1n) is 7.30. The Morgan fingerprint density at radius 1 is 0.962 bits per heavy atom. The summed E-state index contributed by atoms with van der Waals surface area (Å²) in [7, 11) is -4.10. The van der Waals surface area contributed by atoms with E-state index in [9.17, 15) is 28.4 Å². The molecule has 0 aliphatic carbocycles. The molecule has 0 spiro atoms. The first-order chi connectivity index (χ1) is 12.3. The predicted molar refractivity (Wildman–Crippen MR) is 92.2 cm³/mol. The summed E-state index contributed by atoms with van der Waals surface area (Å²) in [6.07, 6.45) is 0. The zero-order valence-electron chi connectivity index (χ0n) is 13.1. The molecule has 0 saturated carbocycles. The summed E-state index contributed by atoms with van der Waals surface area (Å²) in [6.45, 7) is 0. The predicted octanol–water partition coefficient (Wildman–Crippen LogP) is 1.91. The number of sulfonamides is 1. The molecule has 0 aliphatic heterocycles. The molecule has 0 saturated heterocycles. The average Bonchev–Trinajstić information content (AvgIpc) is 2.61. The number of nitro benzene ring substituents is 1. The zero-order valence-corrected chi connectivity index (χ0v) is 13.9. The maximum Gasteiger partial charge on any atom is 0.277 e. The molecule has 0 amide bonds. The average molecular weight is 371 g/mol. The SMILES string of the molecule is O=C([O-])c1cccc(S(=O)(=O)Nc2cccc3c([N+](=O)[O-])cccc23)c1. The fourth-order valence-corrected chi connectivity index (χ4v) is 3.66. The number of hydrogen-bond acceptors (Lipinski definition) is 6. The third-order valence-corrected chi connectivity index (χ3v) is 5.08. The van der Waals surface area contributed by atoms with E-state index in [1.165, 1.54) is 48.5 Å². The van der Waals surface area contributed by atoms with Crippen LogP contribution in [0.15, 0.2) is 65.6 Å². The molecule has 3 aromatic rings. The van der Waals surface area contributed by atoms with Crippen LogP contribution in [0.1, 0.15) is 10.4 Å². The van der Waals surface area contributed by atoms with Gasteiger partial charge in [0.05, 0.1) is 26.9 Å². The maximum absolute atomic E-state index is 12.6. The zero-order chi connectivity index (χ0) is 18.9. The topological polar surface area (TPSA) is 129 Å². The molecule has 3 rings (SSSR count). The minimum Gasteiger partial charge on any atom is -0.545 e. The summed E-state index contributed by atoms with van der Waals surface area (Å²) >= 11 is 0. The number of anilines is 1. The molecule has 0 aromatic heterocycles. The fraction of sp³-hybridized carbons (Fsp3) is 0. The van der Waals surface area contributed by atoms with Crippen LogP contribution in [0.2, 0.25) is 0 Å². The number of fused-ring (bicyclic) bond motifs is 1.